The summed E-state index contributed by atoms with van der Waals surface area (Å²) in [6.45, 7) is 0.774. The van der Waals surface area contributed by atoms with Crippen molar-refractivity contribution in [2.24, 2.45) is 0 Å². The number of hydrogen-bond acceptors (Lipinski definition) is 5. The average Bonchev–Trinajstić information content (AvgIpc) is 2.86. The second-order valence-corrected chi connectivity index (χ2v) is 4.68. The molecule has 9 heteroatoms. The molecule has 3 rings (SSSR count). The molecule has 2 aromatic heterocycles. The highest BCUT2D eigenvalue weighted by Gasteiger charge is 2.33. The largest absolute Gasteiger partial charge is 0.476 e. The number of aromatic amines is 1. The van der Waals surface area contributed by atoms with E-state index in [1.54, 1.807) is 0 Å². The van der Waals surface area contributed by atoms with Gasteiger partial charge in [-0.25, -0.2) is 9.48 Å². The number of H-pyrrole nitrogens is 1. The number of rotatable bonds is 3. The highest BCUT2D eigenvalue weighted by atomic mass is 16.4. The molecule has 1 fully saturated rings. The van der Waals surface area contributed by atoms with Crippen molar-refractivity contribution in [3.8, 4) is 0 Å². The molecule has 0 aromatic carbocycles. The lowest BCUT2D eigenvalue weighted by Gasteiger charge is -2.38. The smallest absolute Gasteiger partial charge is 0.358 e. The van der Waals surface area contributed by atoms with Crippen molar-refractivity contribution in [2.45, 2.75) is 6.04 Å². The molecule has 0 atom stereocenters. The van der Waals surface area contributed by atoms with E-state index >= 15 is 0 Å². The van der Waals surface area contributed by atoms with E-state index in [9.17, 15) is 14.4 Å². The molecule has 0 saturated carbocycles. The third-order valence-electron chi connectivity index (χ3n) is 3.25. The molecule has 1 amide bonds. The molecule has 9 nitrogen and oxygen atoms in total. The van der Waals surface area contributed by atoms with Crippen molar-refractivity contribution < 1.29 is 14.7 Å². The normalized spacial score (nSPS) is 14.8. The zero-order valence-electron chi connectivity index (χ0n) is 10.8. The van der Waals surface area contributed by atoms with Crippen molar-refractivity contribution in [1.82, 2.24) is 24.9 Å². The van der Waals surface area contributed by atoms with Gasteiger partial charge < -0.3 is 15.0 Å². The van der Waals surface area contributed by atoms with Gasteiger partial charge in [0.05, 0.1) is 12.2 Å². The number of carboxylic acid groups (broad SMARTS) is 1. The van der Waals surface area contributed by atoms with Crippen LogP contribution in [0.25, 0.3) is 0 Å². The molecule has 21 heavy (non-hydrogen) atoms. The number of amides is 1. The number of aromatic carboxylic acids is 1. The van der Waals surface area contributed by atoms with Gasteiger partial charge in [-0.1, -0.05) is 11.3 Å². The summed E-state index contributed by atoms with van der Waals surface area (Å²) in [7, 11) is 0. The summed E-state index contributed by atoms with van der Waals surface area (Å²) < 4.78 is 1.43. The summed E-state index contributed by atoms with van der Waals surface area (Å²) >= 11 is 0. The van der Waals surface area contributed by atoms with Gasteiger partial charge in [0.1, 0.15) is 5.69 Å². The molecular formula is C12H11N5O4. The van der Waals surface area contributed by atoms with Gasteiger partial charge in [-0.3, -0.25) is 9.59 Å². The monoisotopic (exact) mass is 289 g/mol. The minimum Gasteiger partial charge on any atom is -0.476 e. The Labute approximate surface area is 117 Å². The first-order chi connectivity index (χ1) is 10.0. The van der Waals surface area contributed by atoms with Gasteiger partial charge in [0.15, 0.2) is 5.69 Å². The fourth-order valence-corrected chi connectivity index (χ4v) is 2.08. The van der Waals surface area contributed by atoms with Crippen LogP contribution in [0.4, 0.5) is 0 Å². The molecule has 3 heterocycles. The molecule has 0 bridgehead atoms. The van der Waals surface area contributed by atoms with E-state index in [1.807, 2.05) is 0 Å². The fraction of sp³-hybridized carbons (Fsp3) is 0.250. The first-order valence-corrected chi connectivity index (χ1v) is 6.18. The van der Waals surface area contributed by atoms with Gasteiger partial charge in [0, 0.05) is 19.2 Å². The summed E-state index contributed by atoms with van der Waals surface area (Å²) in [5.41, 5.74) is -0.238. The van der Waals surface area contributed by atoms with Crippen LogP contribution in [0.5, 0.6) is 0 Å². The van der Waals surface area contributed by atoms with Crippen LogP contribution in [0.3, 0.4) is 0 Å². The second-order valence-electron chi connectivity index (χ2n) is 4.68. The lowest BCUT2D eigenvalue weighted by molar-refractivity contribution is 0.0491. The Kier molecular flexibility index (Phi) is 3.01. The van der Waals surface area contributed by atoms with Gasteiger partial charge in [-0.05, 0) is 6.07 Å². The third-order valence-corrected chi connectivity index (χ3v) is 3.25. The van der Waals surface area contributed by atoms with Gasteiger partial charge in [-0.2, -0.15) is 0 Å². The maximum atomic E-state index is 12.1. The number of carbonyl (C=O) groups excluding carboxylic acids is 1. The van der Waals surface area contributed by atoms with Crippen LogP contribution in [0.15, 0.2) is 29.2 Å². The molecule has 0 unspecified atom stereocenters. The van der Waals surface area contributed by atoms with Gasteiger partial charge in [0.2, 0.25) is 5.56 Å². The van der Waals surface area contributed by atoms with Gasteiger partial charge >= 0.3 is 5.97 Å². The van der Waals surface area contributed by atoms with E-state index in [4.69, 9.17) is 5.11 Å². The molecule has 1 aliphatic heterocycles. The average molecular weight is 289 g/mol. The highest BCUT2D eigenvalue weighted by molar-refractivity contribution is 5.92. The summed E-state index contributed by atoms with van der Waals surface area (Å²) in [5.74, 6) is -1.42. The zero-order chi connectivity index (χ0) is 15.0. The number of likely N-dealkylation sites (tertiary alicyclic amines) is 1. The number of nitrogens with zero attached hydrogens (tertiary/aromatic N) is 4. The van der Waals surface area contributed by atoms with E-state index in [1.165, 1.54) is 34.0 Å². The Morgan fingerprint density at radius 3 is 2.71 bits per heavy atom. The van der Waals surface area contributed by atoms with E-state index in [0.29, 0.717) is 13.1 Å². The molecule has 2 aromatic rings. The first-order valence-electron chi connectivity index (χ1n) is 6.18. The van der Waals surface area contributed by atoms with Crippen LogP contribution < -0.4 is 5.56 Å². The van der Waals surface area contributed by atoms with Crippen LogP contribution in [-0.4, -0.2) is 55.0 Å². The molecule has 1 saturated heterocycles. The number of pyridine rings is 1. The number of carbonyl (C=O) groups is 2. The fourth-order valence-electron chi connectivity index (χ4n) is 2.08. The van der Waals surface area contributed by atoms with E-state index in [-0.39, 0.29) is 28.9 Å². The predicted molar refractivity (Wildman–Crippen MR) is 69.0 cm³/mol. The summed E-state index contributed by atoms with van der Waals surface area (Å²) in [5, 5.41) is 16.0. The molecule has 0 spiro atoms. The molecule has 108 valence electrons. The Morgan fingerprint density at radius 2 is 2.10 bits per heavy atom. The third kappa shape index (κ3) is 2.40. The Bertz CT molecular complexity index is 759. The summed E-state index contributed by atoms with van der Waals surface area (Å²) in [4.78, 5) is 38.0. The maximum absolute atomic E-state index is 12.1. The number of nitrogens with one attached hydrogen (secondary N) is 1. The zero-order valence-corrected chi connectivity index (χ0v) is 10.8. The van der Waals surface area contributed by atoms with Crippen molar-refractivity contribution in [3.63, 3.8) is 0 Å². The van der Waals surface area contributed by atoms with Crippen molar-refractivity contribution in [1.29, 1.82) is 0 Å². The van der Waals surface area contributed by atoms with Crippen LogP contribution in [0.1, 0.15) is 27.0 Å². The van der Waals surface area contributed by atoms with Crippen LogP contribution in [0, 0.1) is 0 Å². The maximum Gasteiger partial charge on any atom is 0.358 e. The van der Waals surface area contributed by atoms with Gasteiger partial charge in [0.25, 0.3) is 5.91 Å². The minimum atomic E-state index is -1.14. The van der Waals surface area contributed by atoms with E-state index in [0.717, 1.165) is 0 Å². The number of aromatic nitrogens is 4. The molecule has 0 radical (unpaired) electrons. The lowest BCUT2D eigenvalue weighted by atomic mass is 10.1. The lowest BCUT2D eigenvalue weighted by Crippen LogP contribution is -2.51. The van der Waals surface area contributed by atoms with Crippen molar-refractivity contribution in [3.05, 3.63) is 46.1 Å². The van der Waals surface area contributed by atoms with E-state index < -0.39 is 5.97 Å². The molecular weight excluding hydrogens is 278 g/mol. The van der Waals surface area contributed by atoms with Crippen LogP contribution in [-0.2, 0) is 0 Å². The van der Waals surface area contributed by atoms with Crippen LogP contribution >= 0.6 is 0 Å². The molecule has 0 aliphatic carbocycles. The summed E-state index contributed by atoms with van der Waals surface area (Å²) in [6, 6.07) is 4.28. The quantitative estimate of drug-likeness (QED) is 0.775. The first kappa shape index (κ1) is 13.0. The predicted octanol–water partition coefficient (Wildman–Crippen LogP) is -0.638. The number of hydrogen-bond donors (Lipinski definition) is 2. The SMILES string of the molecule is O=C(O)c1cn(C2CN(C(=O)c3cccc(=O)[nH]3)C2)nn1. The molecule has 2 N–H and O–H groups in total. The molecule has 1 aliphatic rings. The van der Waals surface area contributed by atoms with Gasteiger partial charge in [-0.15, -0.1) is 5.10 Å². The number of carboxylic acids is 1. The van der Waals surface area contributed by atoms with Crippen LogP contribution in [0.2, 0.25) is 0 Å². The Morgan fingerprint density at radius 1 is 1.33 bits per heavy atom. The van der Waals surface area contributed by atoms with Crippen molar-refractivity contribution >= 4 is 11.9 Å². The topological polar surface area (TPSA) is 121 Å². The Balaban J connectivity index is 1.66. The van der Waals surface area contributed by atoms with E-state index in [2.05, 4.69) is 15.3 Å². The second kappa shape index (κ2) is 4.85. The van der Waals surface area contributed by atoms with Crippen molar-refractivity contribution in [2.75, 3.05) is 13.1 Å². The standard InChI is InChI=1S/C12H11N5O4/c18-10-3-1-2-8(13-10)11(19)16-4-7(5-16)17-6-9(12(20)21)14-15-17/h1-3,6-7H,4-5H2,(H,13,18)(H,20,21). The minimum absolute atomic E-state index is 0.106. The highest BCUT2D eigenvalue weighted by Crippen LogP contribution is 2.21. The summed E-state index contributed by atoms with van der Waals surface area (Å²) in [6.07, 6.45) is 1.33. The Hall–Kier alpha value is -2.97.